The molecule has 196 valence electrons. The summed E-state index contributed by atoms with van der Waals surface area (Å²) in [6, 6.07) is 19.5. The molecular formula is C30H47O4P. The molecule has 1 atom stereocenters. The lowest BCUT2D eigenvalue weighted by Gasteiger charge is -2.20. The van der Waals surface area contributed by atoms with E-state index in [0.29, 0.717) is 12.7 Å². The van der Waals surface area contributed by atoms with Gasteiger partial charge in [-0.15, -0.1) is 0 Å². The summed E-state index contributed by atoms with van der Waals surface area (Å²) >= 11 is 0. The third-order valence-electron chi connectivity index (χ3n) is 5.94. The van der Waals surface area contributed by atoms with Crippen molar-refractivity contribution in [3.05, 3.63) is 60.7 Å². The first-order chi connectivity index (χ1) is 17.3. The molecule has 2 aromatic carbocycles. The fraction of sp³-hybridized carbons (Fsp3) is 0.600. The van der Waals surface area contributed by atoms with Gasteiger partial charge < -0.3 is 13.8 Å². The van der Waals surface area contributed by atoms with Crippen molar-refractivity contribution in [2.24, 2.45) is 0 Å². The zero-order valence-corrected chi connectivity index (χ0v) is 22.9. The van der Waals surface area contributed by atoms with Crippen molar-refractivity contribution in [3.8, 4) is 11.5 Å². The third kappa shape index (κ3) is 15.2. The van der Waals surface area contributed by atoms with E-state index in [4.69, 9.17) is 18.3 Å². The molecule has 0 saturated carbocycles. The van der Waals surface area contributed by atoms with Gasteiger partial charge in [0.2, 0.25) is 0 Å². The van der Waals surface area contributed by atoms with Gasteiger partial charge in [0.25, 0.3) is 0 Å². The summed E-state index contributed by atoms with van der Waals surface area (Å²) < 4.78 is 24.4. The molecule has 4 nitrogen and oxygen atoms in total. The minimum atomic E-state index is -1.52. The first-order valence-corrected chi connectivity index (χ1v) is 14.9. The molecule has 0 radical (unpaired) electrons. The van der Waals surface area contributed by atoms with E-state index in [1.54, 1.807) is 0 Å². The first kappa shape index (κ1) is 29.6. The van der Waals surface area contributed by atoms with Crippen LogP contribution in [0.3, 0.4) is 0 Å². The van der Waals surface area contributed by atoms with Crippen LogP contribution in [0.25, 0.3) is 0 Å². The second-order valence-corrected chi connectivity index (χ2v) is 10.2. The second-order valence-electron chi connectivity index (χ2n) is 9.12. The van der Waals surface area contributed by atoms with Crippen LogP contribution < -0.4 is 9.05 Å². The molecule has 0 aromatic heterocycles. The van der Waals surface area contributed by atoms with Crippen LogP contribution in [-0.2, 0) is 9.26 Å². The van der Waals surface area contributed by atoms with Crippen molar-refractivity contribution in [2.45, 2.75) is 103 Å². The van der Waals surface area contributed by atoms with Crippen molar-refractivity contribution in [1.82, 2.24) is 0 Å². The van der Waals surface area contributed by atoms with Gasteiger partial charge in [0.15, 0.2) is 0 Å². The molecule has 2 aromatic rings. The molecule has 0 heterocycles. The number of rotatable bonds is 22. The molecule has 0 amide bonds. The topological polar surface area (TPSA) is 36.9 Å². The number of hydrogen-bond acceptors (Lipinski definition) is 4. The Kier molecular flexibility index (Phi) is 17.4. The molecule has 0 aliphatic rings. The number of para-hydroxylation sites is 2. The van der Waals surface area contributed by atoms with Crippen molar-refractivity contribution >= 4 is 8.60 Å². The van der Waals surface area contributed by atoms with E-state index in [1.807, 2.05) is 60.7 Å². The lowest BCUT2D eigenvalue weighted by atomic mass is 10.1. The van der Waals surface area contributed by atoms with Crippen LogP contribution in [0.4, 0.5) is 0 Å². The van der Waals surface area contributed by atoms with E-state index in [9.17, 15) is 0 Å². The van der Waals surface area contributed by atoms with Gasteiger partial charge >= 0.3 is 8.60 Å². The molecule has 0 aliphatic carbocycles. The Labute approximate surface area is 215 Å². The third-order valence-corrected chi connectivity index (χ3v) is 7.06. The Balaban J connectivity index is 1.73. The fourth-order valence-electron chi connectivity index (χ4n) is 3.90. The lowest BCUT2D eigenvalue weighted by Crippen LogP contribution is -2.15. The summed E-state index contributed by atoms with van der Waals surface area (Å²) in [7, 11) is -1.52. The van der Waals surface area contributed by atoms with E-state index in [0.717, 1.165) is 37.4 Å². The Bertz CT molecular complexity index is 671. The van der Waals surface area contributed by atoms with E-state index >= 15 is 0 Å². The molecule has 1 unspecified atom stereocenters. The maximum atomic E-state index is 6.30. The number of hydrogen-bond donors (Lipinski definition) is 0. The first-order valence-electron chi connectivity index (χ1n) is 13.8. The Morgan fingerprint density at radius 2 is 1.09 bits per heavy atom. The van der Waals surface area contributed by atoms with Crippen LogP contribution in [0.15, 0.2) is 60.7 Å². The molecule has 0 N–H and O–H groups in total. The molecule has 0 spiro atoms. The lowest BCUT2D eigenvalue weighted by molar-refractivity contribution is 0.0336. The zero-order chi connectivity index (χ0) is 24.8. The van der Waals surface area contributed by atoms with Gasteiger partial charge in [-0.25, -0.2) is 0 Å². The minimum Gasteiger partial charge on any atom is -0.418 e. The van der Waals surface area contributed by atoms with Crippen LogP contribution in [0.1, 0.15) is 97.3 Å². The van der Waals surface area contributed by atoms with Gasteiger partial charge in [0.1, 0.15) is 11.5 Å². The van der Waals surface area contributed by atoms with Crippen LogP contribution >= 0.6 is 8.60 Å². The maximum absolute atomic E-state index is 6.30. The summed E-state index contributed by atoms with van der Waals surface area (Å²) in [6.07, 6.45) is 16.4. The largest absolute Gasteiger partial charge is 0.463 e. The maximum Gasteiger partial charge on any atom is 0.463 e. The van der Waals surface area contributed by atoms with Crippen molar-refractivity contribution in [1.29, 1.82) is 0 Å². The SMILES string of the molecule is CCCCCCCCCOC(CCCCC)CCCOP(Oc1ccccc1)Oc1ccccc1. The van der Waals surface area contributed by atoms with E-state index in [2.05, 4.69) is 13.8 Å². The van der Waals surface area contributed by atoms with Gasteiger partial charge in [-0.1, -0.05) is 108 Å². The van der Waals surface area contributed by atoms with Crippen molar-refractivity contribution < 1.29 is 18.3 Å². The second kappa shape index (κ2) is 20.6. The highest BCUT2D eigenvalue weighted by Crippen LogP contribution is 2.41. The summed E-state index contributed by atoms with van der Waals surface area (Å²) in [5, 5.41) is 0. The van der Waals surface area contributed by atoms with Crippen LogP contribution in [0.5, 0.6) is 11.5 Å². The molecule has 0 fully saturated rings. The van der Waals surface area contributed by atoms with Gasteiger partial charge in [-0.2, -0.15) is 0 Å². The van der Waals surface area contributed by atoms with Gasteiger partial charge in [0.05, 0.1) is 12.7 Å². The van der Waals surface area contributed by atoms with E-state index in [-0.39, 0.29) is 0 Å². The number of unbranched alkanes of at least 4 members (excludes halogenated alkanes) is 8. The van der Waals surface area contributed by atoms with Crippen LogP contribution in [0, 0.1) is 0 Å². The number of benzene rings is 2. The standard InChI is InChI=1S/C30H47O4P/c1-3-5-7-8-9-10-18-26-31-28(20-13-6-4-2)25-19-27-32-35(33-29-21-14-11-15-22-29)34-30-23-16-12-17-24-30/h11-12,14-17,21-24,28H,3-10,13,18-20,25-27H2,1-2H3. The van der Waals surface area contributed by atoms with Gasteiger partial charge in [0, 0.05) is 6.61 Å². The average molecular weight is 503 g/mol. The predicted octanol–water partition coefficient (Wildman–Crippen LogP) is 9.88. The minimum absolute atomic E-state index is 0.321. The fourth-order valence-corrected chi connectivity index (χ4v) is 4.91. The van der Waals surface area contributed by atoms with Crippen molar-refractivity contribution in [2.75, 3.05) is 13.2 Å². The van der Waals surface area contributed by atoms with E-state index < -0.39 is 8.60 Å². The Morgan fingerprint density at radius 1 is 0.571 bits per heavy atom. The smallest absolute Gasteiger partial charge is 0.418 e. The quantitative estimate of drug-likeness (QED) is 0.119. The summed E-state index contributed by atoms with van der Waals surface area (Å²) in [5.74, 6) is 1.51. The van der Waals surface area contributed by atoms with Crippen LogP contribution in [0.2, 0.25) is 0 Å². The molecular weight excluding hydrogens is 455 g/mol. The Morgan fingerprint density at radius 3 is 1.69 bits per heavy atom. The molecule has 0 aliphatic heterocycles. The monoisotopic (exact) mass is 502 g/mol. The molecule has 5 heteroatoms. The predicted molar refractivity (Wildman–Crippen MR) is 148 cm³/mol. The summed E-state index contributed by atoms with van der Waals surface area (Å²) in [6.45, 7) is 6.00. The highest BCUT2D eigenvalue weighted by atomic mass is 31.2. The number of ether oxygens (including phenoxy) is 1. The molecule has 0 saturated heterocycles. The molecule has 2 rings (SSSR count). The highest BCUT2D eigenvalue weighted by Gasteiger charge is 2.18. The average Bonchev–Trinajstić information content (AvgIpc) is 2.89. The van der Waals surface area contributed by atoms with Crippen molar-refractivity contribution in [3.63, 3.8) is 0 Å². The molecule has 0 bridgehead atoms. The molecule has 35 heavy (non-hydrogen) atoms. The van der Waals surface area contributed by atoms with Gasteiger partial charge in [-0.05, 0) is 49.9 Å². The van der Waals surface area contributed by atoms with Crippen LogP contribution in [-0.4, -0.2) is 19.3 Å². The Hall–Kier alpha value is -1.61. The highest BCUT2D eigenvalue weighted by molar-refractivity contribution is 7.42. The normalized spacial score (nSPS) is 12.1. The van der Waals surface area contributed by atoms with E-state index in [1.165, 1.54) is 64.2 Å². The summed E-state index contributed by atoms with van der Waals surface area (Å²) in [5.41, 5.74) is 0. The van der Waals surface area contributed by atoms with Gasteiger partial charge in [-0.3, -0.25) is 4.52 Å². The summed E-state index contributed by atoms with van der Waals surface area (Å²) in [4.78, 5) is 0. The zero-order valence-electron chi connectivity index (χ0n) is 22.0.